The SMILES string of the molecule is Cc1nccc(OC(=O)c2ccccc2O)c1CO[N+](=O)[O-]. The predicted molar refractivity (Wildman–Crippen MR) is 73.8 cm³/mol. The molecule has 1 aromatic carbocycles. The molecule has 8 nitrogen and oxygen atoms in total. The van der Waals surface area contributed by atoms with Crippen molar-refractivity contribution >= 4 is 5.97 Å². The van der Waals surface area contributed by atoms with E-state index in [2.05, 4.69) is 9.82 Å². The van der Waals surface area contributed by atoms with Gasteiger partial charge in [-0.25, -0.2) is 4.79 Å². The molecule has 2 rings (SSSR count). The number of pyridine rings is 1. The highest BCUT2D eigenvalue weighted by Crippen LogP contribution is 2.24. The van der Waals surface area contributed by atoms with Gasteiger partial charge in [0.2, 0.25) is 0 Å². The molecular formula is C14H12N2O6. The molecule has 0 radical (unpaired) electrons. The van der Waals surface area contributed by atoms with Crippen LogP contribution in [-0.4, -0.2) is 21.1 Å². The van der Waals surface area contributed by atoms with E-state index in [1.54, 1.807) is 19.1 Å². The van der Waals surface area contributed by atoms with Gasteiger partial charge in [0.1, 0.15) is 23.7 Å². The molecule has 1 N–H and O–H groups in total. The van der Waals surface area contributed by atoms with Crippen LogP contribution in [0.4, 0.5) is 0 Å². The van der Waals surface area contributed by atoms with Gasteiger partial charge in [-0.1, -0.05) is 12.1 Å². The molecule has 0 unspecified atom stereocenters. The van der Waals surface area contributed by atoms with Gasteiger partial charge < -0.3 is 14.7 Å². The molecule has 0 fully saturated rings. The van der Waals surface area contributed by atoms with Crippen LogP contribution in [-0.2, 0) is 11.4 Å². The van der Waals surface area contributed by atoms with Crippen molar-refractivity contribution in [3.05, 3.63) is 63.5 Å². The molecule has 0 aliphatic heterocycles. The Hall–Kier alpha value is -3.16. The number of aromatic nitrogens is 1. The number of benzene rings is 1. The highest BCUT2D eigenvalue weighted by molar-refractivity contribution is 5.93. The fourth-order valence-electron chi connectivity index (χ4n) is 1.76. The van der Waals surface area contributed by atoms with Gasteiger partial charge in [-0.3, -0.25) is 4.98 Å². The molecule has 2 aromatic rings. The van der Waals surface area contributed by atoms with Crippen LogP contribution in [0.5, 0.6) is 11.5 Å². The molecule has 8 heteroatoms. The van der Waals surface area contributed by atoms with E-state index in [-0.39, 0.29) is 22.6 Å². The Kier molecular flexibility index (Phi) is 4.52. The third-order valence-electron chi connectivity index (χ3n) is 2.87. The molecule has 1 heterocycles. The summed E-state index contributed by atoms with van der Waals surface area (Å²) in [5.74, 6) is -0.921. The molecule has 0 bridgehead atoms. The van der Waals surface area contributed by atoms with Gasteiger partial charge in [0, 0.05) is 17.5 Å². The van der Waals surface area contributed by atoms with Crippen LogP contribution in [0.1, 0.15) is 21.6 Å². The number of ether oxygens (including phenoxy) is 1. The van der Waals surface area contributed by atoms with Crippen molar-refractivity contribution in [1.82, 2.24) is 4.98 Å². The molecule has 0 aliphatic carbocycles. The molecule has 0 amide bonds. The summed E-state index contributed by atoms with van der Waals surface area (Å²) in [6.45, 7) is 1.21. The topological polar surface area (TPSA) is 112 Å². The molecule has 0 aliphatic rings. The number of rotatable bonds is 5. The fraction of sp³-hybridized carbons (Fsp3) is 0.143. The maximum absolute atomic E-state index is 12.1. The Bertz CT molecular complexity index is 716. The second-order valence-corrected chi connectivity index (χ2v) is 4.28. The van der Waals surface area contributed by atoms with E-state index in [4.69, 9.17) is 4.74 Å². The van der Waals surface area contributed by atoms with Gasteiger partial charge >= 0.3 is 5.97 Å². The number of aromatic hydroxyl groups is 1. The number of esters is 1. The second-order valence-electron chi connectivity index (χ2n) is 4.28. The third kappa shape index (κ3) is 3.48. The summed E-state index contributed by atoms with van der Waals surface area (Å²) in [5.41, 5.74) is 0.700. The van der Waals surface area contributed by atoms with Crippen LogP contribution in [0.25, 0.3) is 0 Å². The van der Waals surface area contributed by atoms with Crippen molar-refractivity contribution in [2.45, 2.75) is 13.5 Å². The Morgan fingerprint density at radius 3 is 2.77 bits per heavy atom. The van der Waals surface area contributed by atoms with Gasteiger partial charge in [-0.15, -0.1) is 10.1 Å². The first-order valence-corrected chi connectivity index (χ1v) is 6.21. The van der Waals surface area contributed by atoms with Gasteiger partial charge in [-0.2, -0.15) is 0 Å². The number of carbonyl (C=O) groups is 1. The quantitative estimate of drug-likeness (QED) is 0.511. The van der Waals surface area contributed by atoms with Crippen LogP contribution in [0.15, 0.2) is 36.5 Å². The zero-order valence-corrected chi connectivity index (χ0v) is 11.6. The highest BCUT2D eigenvalue weighted by Gasteiger charge is 2.17. The highest BCUT2D eigenvalue weighted by atomic mass is 16.9. The van der Waals surface area contributed by atoms with E-state index < -0.39 is 17.7 Å². The van der Waals surface area contributed by atoms with Crippen molar-refractivity contribution in [2.75, 3.05) is 0 Å². The number of hydrogen-bond acceptors (Lipinski definition) is 7. The Morgan fingerprint density at radius 1 is 1.36 bits per heavy atom. The summed E-state index contributed by atoms with van der Waals surface area (Å²) in [7, 11) is 0. The minimum absolute atomic E-state index is 0.0156. The third-order valence-corrected chi connectivity index (χ3v) is 2.87. The first kappa shape index (κ1) is 15.2. The van der Waals surface area contributed by atoms with Gasteiger partial charge in [0.05, 0.1) is 0 Å². The lowest BCUT2D eigenvalue weighted by Crippen LogP contribution is -2.12. The van der Waals surface area contributed by atoms with Crippen LogP contribution in [0.2, 0.25) is 0 Å². The van der Waals surface area contributed by atoms with Crippen molar-refractivity contribution < 1.29 is 24.6 Å². The smallest absolute Gasteiger partial charge is 0.347 e. The van der Waals surface area contributed by atoms with Gasteiger partial charge in [-0.05, 0) is 25.1 Å². The van der Waals surface area contributed by atoms with E-state index in [9.17, 15) is 20.0 Å². The molecule has 114 valence electrons. The largest absolute Gasteiger partial charge is 0.507 e. The molecule has 0 saturated heterocycles. The number of nitrogens with zero attached hydrogens (tertiary/aromatic N) is 2. The predicted octanol–water partition coefficient (Wildman–Crippen LogP) is 2.02. The maximum Gasteiger partial charge on any atom is 0.347 e. The average Bonchev–Trinajstić information content (AvgIpc) is 2.46. The summed E-state index contributed by atoms with van der Waals surface area (Å²) in [6.07, 6.45) is 1.40. The van der Waals surface area contributed by atoms with Crippen molar-refractivity contribution in [1.29, 1.82) is 0 Å². The summed E-state index contributed by atoms with van der Waals surface area (Å²) in [6, 6.07) is 7.29. The normalized spacial score (nSPS) is 10.0. The maximum atomic E-state index is 12.1. The summed E-state index contributed by atoms with van der Waals surface area (Å²) in [4.78, 5) is 30.6. The van der Waals surface area contributed by atoms with Gasteiger partial charge in [0.25, 0.3) is 5.09 Å². The average molecular weight is 304 g/mol. The molecule has 0 saturated carbocycles. The minimum Gasteiger partial charge on any atom is -0.507 e. The summed E-state index contributed by atoms with van der Waals surface area (Å²) in [5, 5.41) is 19.0. The van der Waals surface area contributed by atoms with E-state index >= 15 is 0 Å². The van der Waals surface area contributed by atoms with Crippen LogP contribution < -0.4 is 4.74 Å². The number of carbonyl (C=O) groups excluding carboxylic acids is 1. The number of phenolic OH excluding ortho intramolecular Hbond substituents is 1. The standard InChI is InChI=1S/C14H12N2O6/c1-9-11(8-21-16(19)20)13(6-7-15-9)22-14(18)10-4-2-3-5-12(10)17/h2-7,17H,8H2,1H3. The Balaban J connectivity index is 2.26. The lowest BCUT2D eigenvalue weighted by molar-refractivity contribution is -0.763. The Morgan fingerprint density at radius 2 is 2.09 bits per heavy atom. The van der Waals surface area contributed by atoms with Crippen LogP contribution in [0, 0.1) is 17.0 Å². The lowest BCUT2D eigenvalue weighted by atomic mass is 10.2. The van der Waals surface area contributed by atoms with E-state index in [1.807, 2.05) is 0 Å². The molecule has 22 heavy (non-hydrogen) atoms. The monoisotopic (exact) mass is 304 g/mol. The summed E-state index contributed by atoms with van der Waals surface area (Å²) >= 11 is 0. The fourth-order valence-corrected chi connectivity index (χ4v) is 1.76. The first-order chi connectivity index (χ1) is 10.5. The van der Waals surface area contributed by atoms with Crippen LogP contribution in [0.3, 0.4) is 0 Å². The van der Waals surface area contributed by atoms with Crippen LogP contribution >= 0.6 is 0 Å². The zero-order valence-electron chi connectivity index (χ0n) is 11.6. The number of phenols is 1. The van der Waals surface area contributed by atoms with Gasteiger partial charge in [0.15, 0.2) is 0 Å². The van der Waals surface area contributed by atoms with E-state index in [0.29, 0.717) is 5.69 Å². The Labute approximate surface area is 125 Å². The molecular weight excluding hydrogens is 292 g/mol. The minimum atomic E-state index is -0.943. The molecule has 1 aromatic heterocycles. The number of aryl methyl sites for hydroxylation is 1. The zero-order chi connectivity index (χ0) is 16.1. The lowest BCUT2D eigenvalue weighted by Gasteiger charge is -2.11. The van der Waals surface area contributed by atoms with Crippen molar-refractivity contribution in [2.24, 2.45) is 0 Å². The summed E-state index contributed by atoms with van der Waals surface area (Å²) < 4.78 is 5.18. The number of para-hydroxylation sites is 1. The molecule has 0 spiro atoms. The van der Waals surface area contributed by atoms with Crippen molar-refractivity contribution in [3.63, 3.8) is 0 Å². The first-order valence-electron chi connectivity index (χ1n) is 6.21. The molecule has 0 atom stereocenters. The second kappa shape index (κ2) is 6.53. The van der Waals surface area contributed by atoms with E-state index in [1.165, 1.54) is 24.4 Å². The van der Waals surface area contributed by atoms with E-state index in [0.717, 1.165) is 0 Å². The van der Waals surface area contributed by atoms with Crippen molar-refractivity contribution in [3.8, 4) is 11.5 Å². The number of hydrogen-bond donors (Lipinski definition) is 1.